The highest BCUT2D eigenvalue weighted by atomic mass is 79.9. The topological polar surface area (TPSA) is 18.5 Å². The van der Waals surface area contributed by atoms with Gasteiger partial charge in [-0.15, -0.1) is 0 Å². The van der Waals surface area contributed by atoms with Gasteiger partial charge in [-0.05, 0) is 13.0 Å². The number of hydrogen-bond acceptors (Lipinski definition) is 2. The van der Waals surface area contributed by atoms with E-state index < -0.39 is 5.79 Å². The SMILES string of the molecule is CC1(C)COC(C)(c2ccccc2Br)OC1. The molecule has 3 heteroatoms. The molecular weight excluding hydrogens is 268 g/mol. The van der Waals surface area contributed by atoms with Crippen LogP contribution in [-0.4, -0.2) is 13.2 Å². The van der Waals surface area contributed by atoms with Crippen LogP contribution in [0.3, 0.4) is 0 Å². The van der Waals surface area contributed by atoms with Gasteiger partial charge >= 0.3 is 0 Å². The van der Waals surface area contributed by atoms with E-state index in [0.717, 1.165) is 10.0 Å². The maximum Gasteiger partial charge on any atom is 0.193 e. The normalized spacial score (nSPS) is 23.0. The Morgan fingerprint density at radius 2 is 1.62 bits per heavy atom. The molecular formula is C13H17BrO2. The minimum Gasteiger partial charge on any atom is -0.345 e. The maximum absolute atomic E-state index is 5.90. The van der Waals surface area contributed by atoms with E-state index in [0.29, 0.717) is 13.2 Å². The van der Waals surface area contributed by atoms with Crippen molar-refractivity contribution in [1.82, 2.24) is 0 Å². The molecule has 0 unspecified atom stereocenters. The highest BCUT2D eigenvalue weighted by molar-refractivity contribution is 9.10. The average molecular weight is 285 g/mol. The van der Waals surface area contributed by atoms with Gasteiger partial charge in [-0.2, -0.15) is 0 Å². The number of ether oxygens (including phenoxy) is 2. The summed E-state index contributed by atoms with van der Waals surface area (Å²) in [5, 5.41) is 0. The quantitative estimate of drug-likeness (QED) is 0.783. The highest BCUT2D eigenvalue weighted by Gasteiger charge is 2.39. The molecule has 0 N–H and O–H groups in total. The van der Waals surface area contributed by atoms with Crippen LogP contribution in [0, 0.1) is 5.41 Å². The Kier molecular flexibility index (Phi) is 3.12. The van der Waals surface area contributed by atoms with Crippen LogP contribution in [0.5, 0.6) is 0 Å². The molecule has 1 aromatic rings. The molecule has 0 amide bonds. The summed E-state index contributed by atoms with van der Waals surface area (Å²) in [5.74, 6) is -0.629. The Labute approximate surface area is 105 Å². The lowest BCUT2D eigenvalue weighted by Crippen LogP contribution is -2.43. The van der Waals surface area contributed by atoms with Crippen LogP contribution in [0.25, 0.3) is 0 Å². The zero-order valence-corrected chi connectivity index (χ0v) is 11.5. The van der Waals surface area contributed by atoms with E-state index in [9.17, 15) is 0 Å². The molecule has 1 aromatic carbocycles. The van der Waals surface area contributed by atoms with Gasteiger partial charge in [0.15, 0.2) is 5.79 Å². The summed E-state index contributed by atoms with van der Waals surface area (Å²) in [4.78, 5) is 0. The molecule has 0 bridgehead atoms. The first-order valence-electron chi connectivity index (χ1n) is 5.46. The van der Waals surface area contributed by atoms with Crippen molar-refractivity contribution in [3.05, 3.63) is 34.3 Å². The second-order valence-corrected chi connectivity index (χ2v) is 6.02. The van der Waals surface area contributed by atoms with Crippen molar-refractivity contribution < 1.29 is 9.47 Å². The minimum atomic E-state index is -0.629. The Bertz CT molecular complexity index is 377. The van der Waals surface area contributed by atoms with Gasteiger partial charge in [0.05, 0.1) is 13.2 Å². The number of benzene rings is 1. The first-order valence-corrected chi connectivity index (χ1v) is 6.25. The van der Waals surface area contributed by atoms with Crippen molar-refractivity contribution >= 4 is 15.9 Å². The molecule has 1 saturated heterocycles. The third-order valence-corrected chi connectivity index (χ3v) is 3.53. The van der Waals surface area contributed by atoms with Crippen LogP contribution in [-0.2, 0) is 15.3 Å². The van der Waals surface area contributed by atoms with Crippen LogP contribution >= 0.6 is 15.9 Å². The van der Waals surface area contributed by atoms with Crippen molar-refractivity contribution in [3.63, 3.8) is 0 Å². The van der Waals surface area contributed by atoms with E-state index in [1.165, 1.54) is 0 Å². The van der Waals surface area contributed by atoms with Crippen molar-refractivity contribution in [2.45, 2.75) is 26.6 Å². The van der Waals surface area contributed by atoms with E-state index in [4.69, 9.17) is 9.47 Å². The molecule has 1 fully saturated rings. The van der Waals surface area contributed by atoms with E-state index in [1.54, 1.807) is 0 Å². The number of hydrogen-bond donors (Lipinski definition) is 0. The van der Waals surface area contributed by atoms with E-state index in [1.807, 2.05) is 31.2 Å². The standard InChI is InChI=1S/C13H17BrO2/c1-12(2)8-15-13(3,16-9-12)10-6-4-5-7-11(10)14/h4-7H,8-9H2,1-3H3. The van der Waals surface area contributed by atoms with Crippen LogP contribution in [0.1, 0.15) is 26.3 Å². The molecule has 2 rings (SSSR count). The lowest BCUT2D eigenvalue weighted by molar-refractivity contribution is -0.298. The molecule has 1 aliphatic heterocycles. The van der Waals surface area contributed by atoms with Gasteiger partial charge in [-0.1, -0.05) is 48.0 Å². The third-order valence-electron chi connectivity index (χ3n) is 2.84. The van der Waals surface area contributed by atoms with E-state index in [2.05, 4.69) is 29.8 Å². The zero-order chi connectivity index (χ0) is 11.8. The molecule has 0 spiro atoms. The molecule has 0 atom stereocenters. The maximum atomic E-state index is 5.90. The molecule has 1 heterocycles. The third kappa shape index (κ3) is 2.31. The summed E-state index contributed by atoms with van der Waals surface area (Å²) in [6.45, 7) is 7.69. The van der Waals surface area contributed by atoms with Gasteiger partial charge in [0.1, 0.15) is 0 Å². The molecule has 2 nitrogen and oxygen atoms in total. The molecule has 1 aliphatic rings. The van der Waals surface area contributed by atoms with Gasteiger partial charge in [0.25, 0.3) is 0 Å². The smallest absolute Gasteiger partial charge is 0.193 e. The van der Waals surface area contributed by atoms with Crippen molar-refractivity contribution in [2.24, 2.45) is 5.41 Å². The van der Waals surface area contributed by atoms with Crippen LogP contribution in [0.15, 0.2) is 28.7 Å². The summed E-state index contributed by atoms with van der Waals surface area (Å²) >= 11 is 3.54. The van der Waals surface area contributed by atoms with Crippen LogP contribution in [0.2, 0.25) is 0 Å². The van der Waals surface area contributed by atoms with Crippen molar-refractivity contribution in [1.29, 1.82) is 0 Å². The molecule has 0 aliphatic carbocycles. The summed E-state index contributed by atoms with van der Waals surface area (Å²) in [6, 6.07) is 8.02. The zero-order valence-electron chi connectivity index (χ0n) is 9.92. The van der Waals surface area contributed by atoms with Gasteiger partial charge in [-0.3, -0.25) is 0 Å². The lowest BCUT2D eigenvalue weighted by atomic mass is 9.94. The molecule has 88 valence electrons. The average Bonchev–Trinajstić information content (AvgIpc) is 2.24. The lowest BCUT2D eigenvalue weighted by Gasteiger charge is -2.42. The predicted octanol–water partition coefficient (Wildman–Crippen LogP) is 3.69. The highest BCUT2D eigenvalue weighted by Crippen LogP contribution is 2.38. The fraction of sp³-hybridized carbons (Fsp3) is 0.538. The monoisotopic (exact) mass is 284 g/mol. The van der Waals surface area contributed by atoms with Gasteiger partial charge in [-0.25, -0.2) is 0 Å². The fourth-order valence-corrected chi connectivity index (χ4v) is 2.38. The number of rotatable bonds is 1. The summed E-state index contributed by atoms with van der Waals surface area (Å²) in [5.41, 5.74) is 1.14. The Balaban J connectivity index is 2.25. The fourth-order valence-electron chi connectivity index (χ4n) is 1.73. The Hall–Kier alpha value is -0.380. The Morgan fingerprint density at radius 3 is 2.19 bits per heavy atom. The molecule has 0 radical (unpaired) electrons. The van der Waals surface area contributed by atoms with Crippen molar-refractivity contribution in [3.8, 4) is 0 Å². The first kappa shape index (κ1) is 12.1. The largest absolute Gasteiger partial charge is 0.345 e. The Morgan fingerprint density at radius 1 is 1.06 bits per heavy atom. The number of halogens is 1. The second-order valence-electron chi connectivity index (χ2n) is 5.17. The van der Waals surface area contributed by atoms with E-state index >= 15 is 0 Å². The summed E-state index contributed by atoms with van der Waals surface area (Å²) in [6.07, 6.45) is 0. The first-order chi connectivity index (χ1) is 7.43. The molecule has 0 saturated carbocycles. The van der Waals surface area contributed by atoms with Crippen molar-refractivity contribution in [2.75, 3.05) is 13.2 Å². The summed E-state index contributed by atoms with van der Waals surface area (Å²) in [7, 11) is 0. The van der Waals surface area contributed by atoms with E-state index in [-0.39, 0.29) is 5.41 Å². The predicted molar refractivity (Wildman–Crippen MR) is 67.2 cm³/mol. The van der Waals surface area contributed by atoms with Crippen LogP contribution in [0.4, 0.5) is 0 Å². The molecule has 0 aromatic heterocycles. The summed E-state index contributed by atoms with van der Waals surface area (Å²) < 4.78 is 12.8. The van der Waals surface area contributed by atoms with Crippen LogP contribution < -0.4 is 0 Å². The van der Waals surface area contributed by atoms with Gasteiger partial charge in [0, 0.05) is 15.5 Å². The van der Waals surface area contributed by atoms with Gasteiger partial charge < -0.3 is 9.47 Å². The minimum absolute atomic E-state index is 0.0980. The molecule has 16 heavy (non-hydrogen) atoms. The second kappa shape index (κ2) is 4.13. The van der Waals surface area contributed by atoms with Gasteiger partial charge in [0.2, 0.25) is 0 Å².